The minimum absolute atomic E-state index is 0.0310. The molecule has 0 bridgehead atoms. The molecule has 0 aliphatic carbocycles. The van der Waals surface area contributed by atoms with Crippen LogP contribution in [-0.2, 0) is 4.79 Å². The number of amides is 1. The number of nitrogens with one attached hydrogen (secondary N) is 1. The normalized spacial score (nSPS) is 11.9. The second-order valence-corrected chi connectivity index (χ2v) is 6.93. The fraction of sp³-hybridized carbons (Fsp3) is 0.333. The molecule has 0 aliphatic rings. The number of hydrogen-bond acceptors (Lipinski definition) is 4. The topological polar surface area (TPSA) is 58.6 Å². The van der Waals surface area contributed by atoms with Crippen molar-refractivity contribution in [2.45, 2.75) is 18.9 Å². The van der Waals surface area contributed by atoms with Crippen LogP contribution in [0.15, 0.2) is 48.5 Å². The molecule has 1 N–H and O–H groups in total. The second-order valence-electron chi connectivity index (χ2n) is 6.49. The van der Waals surface area contributed by atoms with E-state index < -0.39 is 0 Å². The zero-order valence-corrected chi connectivity index (χ0v) is 16.6. The number of methoxy groups -OCH3 is 1. The Morgan fingerprint density at radius 1 is 1.11 bits per heavy atom. The number of nitrogens with zero attached hydrogens (tertiary/aromatic N) is 1. The lowest BCUT2D eigenvalue weighted by Crippen LogP contribution is -2.34. The first kappa shape index (κ1) is 20.9. The first-order valence-electron chi connectivity index (χ1n) is 8.76. The van der Waals surface area contributed by atoms with Gasteiger partial charge >= 0.3 is 0 Å². The third-order valence-electron chi connectivity index (χ3n) is 4.34. The van der Waals surface area contributed by atoms with E-state index in [4.69, 9.17) is 16.3 Å². The van der Waals surface area contributed by atoms with Gasteiger partial charge in [0.25, 0.3) is 0 Å². The number of halogens is 1. The zero-order valence-electron chi connectivity index (χ0n) is 15.9. The van der Waals surface area contributed by atoms with Crippen molar-refractivity contribution in [2.24, 2.45) is 0 Å². The molecule has 2 aromatic carbocycles. The van der Waals surface area contributed by atoms with Crippen molar-refractivity contribution in [1.82, 2.24) is 10.2 Å². The summed E-state index contributed by atoms with van der Waals surface area (Å²) >= 11 is 5.90. The molecule has 0 aliphatic heterocycles. The zero-order chi connectivity index (χ0) is 19.8. The van der Waals surface area contributed by atoms with E-state index in [1.165, 1.54) is 0 Å². The molecule has 0 aromatic heterocycles. The monoisotopic (exact) mass is 388 g/mol. The van der Waals surface area contributed by atoms with Gasteiger partial charge in [-0.25, -0.2) is 0 Å². The number of likely N-dealkylation sites (N-methyl/N-ethyl adjacent to an activating group) is 1. The lowest BCUT2D eigenvalue weighted by atomic mass is 10.0. The van der Waals surface area contributed by atoms with Crippen molar-refractivity contribution in [1.29, 1.82) is 0 Å². The Morgan fingerprint density at radius 2 is 1.81 bits per heavy atom. The fourth-order valence-corrected chi connectivity index (χ4v) is 2.95. The number of benzene rings is 2. The van der Waals surface area contributed by atoms with E-state index in [0.717, 1.165) is 11.3 Å². The molecule has 2 aromatic rings. The largest absolute Gasteiger partial charge is 0.497 e. The molecule has 0 saturated carbocycles. The van der Waals surface area contributed by atoms with Crippen molar-refractivity contribution in [3.8, 4) is 5.75 Å². The first-order chi connectivity index (χ1) is 12.9. The van der Waals surface area contributed by atoms with Crippen LogP contribution in [0.25, 0.3) is 0 Å². The van der Waals surface area contributed by atoms with Gasteiger partial charge in [0, 0.05) is 30.0 Å². The molecule has 0 heterocycles. The highest BCUT2D eigenvalue weighted by Crippen LogP contribution is 2.21. The molecule has 0 radical (unpaired) electrons. The van der Waals surface area contributed by atoms with E-state index in [2.05, 4.69) is 5.32 Å². The van der Waals surface area contributed by atoms with E-state index in [-0.39, 0.29) is 30.6 Å². The van der Waals surface area contributed by atoms with Crippen LogP contribution in [0.3, 0.4) is 0 Å². The van der Waals surface area contributed by atoms with Crippen molar-refractivity contribution in [3.05, 3.63) is 64.7 Å². The molecule has 0 spiro atoms. The van der Waals surface area contributed by atoms with Gasteiger partial charge < -0.3 is 15.0 Å². The summed E-state index contributed by atoms with van der Waals surface area (Å²) in [4.78, 5) is 26.4. The fourth-order valence-electron chi connectivity index (χ4n) is 2.76. The van der Waals surface area contributed by atoms with Gasteiger partial charge in [-0.15, -0.1) is 0 Å². The maximum Gasteiger partial charge on any atom is 0.220 e. The van der Waals surface area contributed by atoms with Crippen molar-refractivity contribution in [3.63, 3.8) is 0 Å². The average molecular weight is 389 g/mol. The number of hydrogen-bond donors (Lipinski definition) is 1. The predicted octanol–water partition coefficient (Wildman–Crippen LogP) is 3.73. The van der Waals surface area contributed by atoms with Gasteiger partial charge in [-0.1, -0.05) is 35.9 Å². The molecule has 144 valence electrons. The summed E-state index contributed by atoms with van der Waals surface area (Å²) in [7, 11) is 5.55. The third kappa shape index (κ3) is 6.38. The molecule has 5 nitrogen and oxygen atoms in total. The van der Waals surface area contributed by atoms with E-state index in [9.17, 15) is 9.59 Å². The van der Waals surface area contributed by atoms with Gasteiger partial charge in [0.1, 0.15) is 5.75 Å². The highest BCUT2D eigenvalue weighted by atomic mass is 35.5. The molecule has 0 saturated heterocycles. The Labute approximate surface area is 165 Å². The van der Waals surface area contributed by atoms with Crippen LogP contribution in [0.1, 0.15) is 34.8 Å². The highest BCUT2D eigenvalue weighted by Gasteiger charge is 2.16. The SMILES string of the molecule is COc1ccc(C(CNC(=O)CCC(=O)c2cccc(Cl)c2)N(C)C)cc1. The standard InChI is InChI=1S/C21H25ClN2O3/c1-24(2)19(15-7-9-18(27-3)10-8-15)14-23-21(26)12-11-20(25)16-5-4-6-17(22)13-16/h4-10,13,19H,11-12,14H2,1-3H3,(H,23,26). The number of rotatable bonds is 9. The molecule has 2 rings (SSSR count). The first-order valence-corrected chi connectivity index (χ1v) is 9.14. The Morgan fingerprint density at radius 3 is 2.41 bits per heavy atom. The quantitative estimate of drug-likeness (QED) is 0.665. The molecular formula is C21H25ClN2O3. The number of ketones is 1. The van der Waals surface area contributed by atoms with E-state index >= 15 is 0 Å². The Kier molecular flexibility index (Phi) is 7.82. The van der Waals surface area contributed by atoms with Gasteiger partial charge in [-0.3, -0.25) is 9.59 Å². The Bertz CT molecular complexity index is 775. The molecular weight excluding hydrogens is 364 g/mol. The maximum absolute atomic E-state index is 12.2. The molecule has 1 atom stereocenters. The number of ether oxygens (including phenoxy) is 1. The summed E-state index contributed by atoms with van der Waals surface area (Å²) in [6.45, 7) is 0.462. The van der Waals surface area contributed by atoms with Gasteiger partial charge in [0.15, 0.2) is 5.78 Å². The lowest BCUT2D eigenvalue weighted by Gasteiger charge is -2.25. The number of carbonyl (C=O) groups excluding carboxylic acids is 2. The van der Waals surface area contributed by atoms with E-state index in [1.807, 2.05) is 43.3 Å². The van der Waals surface area contributed by atoms with Gasteiger partial charge in [-0.2, -0.15) is 0 Å². The van der Waals surface area contributed by atoms with Crippen molar-refractivity contribution >= 4 is 23.3 Å². The molecule has 27 heavy (non-hydrogen) atoms. The third-order valence-corrected chi connectivity index (χ3v) is 4.58. The second kappa shape index (κ2) is 10.1. The summed E-state index contributed by atoms with van der Waals surface area (Å²) in [5, 5.41) is 3.43. The van der Waals surface area contributed by atoms with Gasteiger partial charge in [0.2, 0.25) is 5.91 Å². The lowest BCUT2D eigenvalue weighted by molar-refractivity contribution is -0.121. The van der Waals surface area contributed by atoms with Crippen LogP contribution in [0.2, 0.25) is 5.02 Å². The average Bonchev–Trinajstić information content (AvgIpc) is 2.66. The maximum atomic E-state index is 12.2. The number of Topliss-reactive ketones (excluding diaryl/α,β-unsaturated/α-hetero) is 1. The van der Waals surface area contributed by atoms with Crippen LogP contribution in [0, 0.1) is 0 Å². The summed E-state index contributed by atoms with van der Waals surface area (Å²) in [5.41, 5.74) is 1.61. The van der Waals surface area contributed by atoms with Crippen LogP contribution >= 0.6 is 11.6 Å². The van der Waals surface area contributed by atoms with Crippen LogP contribution in [0.4, 0.5) is 0 Å². The summed E-state index contributed by atoms with van der Waals surface area (Å²) in [6.07, 6.45) is 0.301. The highest BCUT2D eigenvalue weighted by molar-refractivity contribution is 6.31. The predicted molar refractivity (Wildman–Crippen MR) is 107 cm³/mol. The van der Waals surface area contributed by atoms with Crippen molar-refractivity contribution < 1.29 is 14.3 Å². The van der Waals surface area contributed by atoms with E-state index in [0.29, 0.717) is 17.1 Å². The van der Waals surface area contributed by atoms with Crippen molar-refractivity contribution in [2.75, 3.05) is 27.7 Å². The minimum Gasteiger partial charge on any atom is -0.497 e. The smallest absolute Gasteiger partial charge is 0.220 e. The van der Waals surface area contributed by atoms with Crippen LogP contribution in [0.5, 0.6) is 5.75 Å². The van der Waals surface area contributed by atoms with Gasteiger partial charge in [-0.05, 0) is 43.9 Å². The summed E-state index contributed by atoms with van der Waals surface area (Å²) in [5.74, 6) is 0.553. The Balaban J connectivity index is 1.87. The Hall–Kier alpha value is -2.37. The minimum atomic E-state index is -0.147. The van der Waals surface area contributed by atoms with Crippen LogP contribution < -0.4 is 10.1 Å². The van der Waals surface area contributed by atoms with E-state index in [1.54, 1.807) is 31.4 Å². The summed E-state index contributed by atoms with van der Waals surface area (Å²) in [6, 6.07) is 14.6. The molecule has 6 heteroatoms. The van der Waals surface area contributed by atoms with Crippen LogP contribution in [-0.4, -0.2) is 44.3 Å². The molecule has 0 fully saturated rings. The summed E-state index contributed by atoms with van der Waals surface area (Å²) < 4.78 is 5.18. The molecule has 1 unspecified atom stereocenters. The van der Waals surface area contributed by atoms with Gasteiger partial charge in [0.05, 0.1) is 13.2 Å². The molecule has 1 amide bonds. The number of carbonyl (C=O) groups is 2.